The van der Waals surface area contributed by atoms with E-state index in [1.807, 2.05) is 43.3 Å². The number of nitrogens with one attached hydrogen (secondary N) is 1. The number of benzene rings is 2. The average Bonchev–Trinajstić information content (AvgIpc) is 2.62. The minimum absolute atomic E-state index is 0.0782. The first kappa shape index (κ1) is 18.2. The van der Waals surface area contributed by atoms with Crippen molar-refractivity contribution in [3.63, 3.8) is 0 Å². The van der Waals surface area contributed by atoms with Gasteiger partial charge in [0.25, 0.3) is 0 Å². The van der Waals surface area contributed by atoms with Crippen molar-refractivity contribution in [3.05, 3.63) is 68.7 Å². The Morgan fingerprint density at radius 1 is 1.32 bits per heavy atom. The van der Waals surface area contributed by atoms with Crippen LogP contribution in [0.15, 0.2) is 46.9 Å². The normalized spacial score (nSPS) is 17.0. The fourth-order valence-electron chi connectivity index (χ4n) is 3.43. The standard InChI is InChI=1S/C21H21BrClNO/c1-3-13-10-16(22)5-7-19(13)18(4-2)21(25)15-9-14-11-17(23)6-8-20(14)24-12-15/h4-8,10-11,15,24H,3,9,12H2,1-2H3/b18-4+. The predicted molar refractivity (Wildman–Crippen MR) is 109 cm³/mol. The summed E-state index contributed by atoms with van der Waals surface area (Å²) in [5.41, 5.74) is 5.21. The smallest absolute Gasteiger partial charge is 0.168 e. The molecule has 2 aromatic carbocycles. The zero-order chi connectivity index (χ0) is 18.0. The molecule has 2 nitrogen and oxygen atoms in total. The fraction of sp³-hybridized carbons (Fsp3) is 0.286. The summed E-state index contributed by atoms with van der Waals surface area (Å²) in [6.45, 7) is 4.71. The summed E-state index contributed by atoms with van der Waals surface area (Å²) < 4.78 is 1.04. The number of rotatable bonds is 4. The average molecular weight is 419 g/mol. The van der Waals surface area contributed by atoms with Crippen molar-refractivity contribution in [2.24, 2.45) is 5.92 Å². The summed E-state index contributed by atoms with van der Waals surface area (Å²) in [5.74, 6) is 0.114. The van der Waals surface area contributed by atoms with Gasteiger partial charge in [0, 0.05) is 33.2 Å². The molecular weight excluding hydrogens is 398 g/mol. The fourth-order valence-corrected chi connectivity index (χ4v) is 4.03. The molecule has 0 aliphatic carbocycles. The lowest BCUT2D eigenvalue weighted by Gasteiger charge is -2.26. The molecule has 0 saturated heterocycles. The van der Waals surface area contributed by atoms with Crippen LogP contribution in [0.2, 0.25) is 5.02 Å². The van der Waals surface area contributed by atoms with Gasteiger partial charge in [0.2, 0.25) is 0 Å². The Balaban J connectivity index is 1.89. The van der Waals surface area contributed by atoms with Crippen molar-refractivity contribution in [3.8, 4) is 0 Å². The second-order valence-corrected chi connectivity index (χ2v) is 7.66. The SMILES string of the molecule is C/C=C(/C(=O)C1CNc2ccc(Cl)cc2C1)c1ccc(Br)cc1CC. The number of Topliss-reactive ketones (excluding diaryl/α,β-unsaturated/α-hetero) is 1. The Morgan fingerprint density at radius 2 is 2.12 bits per heavy atom. The van der Waals surface area contributed by atoms with Gasteiger partial charge >= 0.3 is 0 Å². The summed E-state index contributed by atoms with van der Waals surface area (Å²) in [5, 5.41) is 4.08. The minimum Gasteiger partial charge on any atom is -0.384 e. The Kier molecular flexibility index (Phi) is 5.65. The maximum Gasteiger partial charge on any atom is 0.168 e. The van der Waals surface area contributed by atoms with Gasteiger partial charge in [-0.2, -0.15) is 0 Å². The number of fused-ring (bicyclic) bond motifs is 1. The van der Waals surface area contributed by atoms with Crippen LogP contribution in [0.25, 0.3) is 5.57 Å². The van der Waals surface area contributed by atoms with Gasteiger partial charge in [-0.1, -0.05) is 46.6 Å². The molecule has 1 atom stereocenters. The first-order valence-electron chi connectivity index (χ1n) is 8.55. The zero-order valence-corrected chi connectivity index (χ0v) is 16.7. The monoisotopic (exact) mass is 417 g/mol. The maximum atomic E-state index is 13.2. The number of halogens is 2. The molecule has 1 heterocycles. The van der Waals surface area contributed by atoms with E-state index >= 15 is 0 Å². The Hall–Kier alpha value is -1.58. The highest BCUT2D eigenvalue weighted by molar-refractivity contribution is 9.10. The molecule has 0 fully saturated rings. The number of aryl methyl sites for hydroxylation is 1. The molecule has 0 spiro atoms. The van der Waals surface area contributed by atoms with E-state index in [0.29, 0.717) is 11.6 Å². The maximum absolute atomic E-state index is 13.2. The zero-order valence-electron chi connectivity index (χ0n) is 14.4. The number of hydrogen-bond donors (Lipinski definition) is 1. The van der Waals surface area contributed by atoms with Gasteiger partial charge in [-0.05, 0) is 66.8 Å². The Morgan fingerprint density at radius 3 is 2.84 bits per heavy atom. The lowest BCUT2D eigenvalue weighted by Crippen LogP contribution is -2.30. The molecule has 130 valence electrons. The second kappa shape index (κ2) is 7.76. The summed E-state index contributed by atoms with van der Waals surface area (Å²) in [6, 6.07) is 12.0. The summed E-state index contributed by atoms with van der Waals surface area (Å²) in [7, 11) is 0. The molecule has 1 aliphatic heterocycles. The van der Waals surface area contributed by atoms with Gasteiger partial charge in [0.1, 0.15) is 0 Å². The lowest BCUT2D eigenvalue weighted by atomic mass is 9.84. The van der Waals surface area contributed by atoms with Gasteiger partial charge in [0.05, 0.1) is 0 Å². The highest BCUT2D eigenvalue weighted by Crippen LogP contribution is 2.32. The van der Waals surface area contributed by atoms with Crippen molar-refractivity contribution in [1.29, 1.82) is 0 Å². The summed E-state index contributed by atoms with van der Waals surface area (Å²) in [6.07, 6.45) is 3.55. The number of hydrogen-bond acceptors (Lipinski definition) is 2. The van der Waals surface area contributed by atoms with E-state index in [1.165, 1.54) is 5.56 Å². The van der Waals surface area contributed by atoms with Crippen molar-refractivity contribution in [1.82, 2.24) is 0 Å². The summed E-state index contributed by atoms with van der Waals surface area (Å²) in [4.78, 5) is 13.2. The number of carbonyl (C=O) groups excluding carboxylic acids is 1. The Bertz CT molecular complexity index is 844. The molecule has 25 heavy (non-hydrogen) atoms. The van der Waals surface area contributed by atoms with Crippen LogP contribution in [0.1, 0.15) is 30.5 Å². The molecule has 3 rings (SSSR count). The van der Waals surface area contributed by atoms with Crippen molar-refractivity contribution >= 4 is 44.6 Å². The van der Waals surface area contributed by atoms with E-state index in [4.69, 9.17) is 11.6 Å². The van der Waals surface area contributed by atoms with E-state index in [9.17, 15) is 4.79 Å². The molecule has 0 amide bonds. The van der Waals surface area contributed by atoms with Gasteiger partial charge in [0.15, 0.2) is 5.78 Å². The first-order valence-corrected chi connectivity index (χ1v) is 9.72. The van der Waals surface area contributed by atoms with Crippen LogP contribution in [0.5, 0.6) is 0 Å². The number of carbonyl (C=O) groups is 1. The van der Waals surface area contributed by atoms with E-state index in [2.05, 4.69) is 34.2 Å². The Labute approximate surface area is 162 Å². The van der Waals surface area contributed by atoms with Crippen LogP contribution in [0.3, 0.4) is 0 Å². The molecule has 2 aromatic rings. The summed E-state index contributed by atoms with van der Waals surface area (Å²) >= 11 is 9.64. The van der Waals surface area contributed by atoms with E-state index < -0.39 is 0 Å². The molecule has 0 bridgehead atoms. The molecule has 1 N–H and O–H groups in total. The largest absolute Gasteiger partial charge is 0.384 e. The molecule has 4 heteroatoms. The second-order valence-electron chi connectivity index (χ2n) is 6.31. The van der Waals surface area contributed by atoms with Gasteiger partial charge in [-0.15, -0.1) is 0 Å². The molecular formula is C21H21BrClNO. The van der Waals surface area contributed by atoms with Crippen LogP contribution >= 0.6 is 27.5 Å². The molecule has 1 unspecified atom stereocenters. The van der Waals surface area contributed by atoms with Crippen LogP contribution in [0.4, 0.5) is 5.69 Å². The third kappa shape index (κ3) is 3.83. The molecule has 1 aliphatic rings. The number of allylic oxidation sites excluding steroid dienone is 2. The highest BCUT2D eigenvalue weighted by atomic mass is 79.9. The minimum atomic E-state index is -0.0782. The van der Waals surface area contributed by atoms with Gasteiger partial charge < -0.3 is 5.32 Å². The van der Waals surface area contributed by atoms with E-state index in [1.54, 1.807) is 0 Å². The van der Waals surface area contributed by atoms with Crippen molar-refractivity contribution < 1.29 is 4.79 Å². The topological polar surface area (TPSA) is 29.1 Å². The van der Waals surface area contributed by atoms with Crippen LogP contribution < -0.4 is 5.32 Å². The number of anilines is 1. The third-order valence-electron chi connectivity index (χ3n) is 4.74. The first-order chi connectivity index (χ1) is 12.0. The van der Waals surface area contributed by atoms with Crippen molar-refractivity contribution in [2.75, 3.05) is 11.9 Å². The quantitative estimate of drug-likeness (QED) is 0.624. The highest BCUT2D eigenvalue weighted by Gasteiger charge is 2.28. The molecule has 0 aromatic heterocycles. The van der Waals surface area contributed by atoms with Crippen LogP contribution in [-0.2, 0) is 17.6 Å². The predicted octanol–water partition coefficient (Wildman–Crippen LogP) is 5.92. The lowest BCUT2D eigenvalue weighted by molar-refractivity contribution is -0.117. The molecule has 0 saturated carbocycles. The van der Waals surface area contributed by atoms with Gasteiger partial charge in [-0.25, -0.2) is 0 Å². The van der Waals surface area contributed by atoms with E-state index in [0.717, 1.165) is 39.7 Å². The van der Waals surface area contributed by atoms with E-state index in [-0.39, 0.29) is 11.7 Å². The van der Waals surface area contributed by atoms with Gasteiger partial charge in [-0.3, -0.25) is 4.79 Å². The number of ketones is 1. The van der Waals surface area contributed by atoms with Crippen LogP contribution in [-0.4, -0.2) is 12.3 Å². The molecule has 0 radical (unpaired) electrons. The third-order valence-corrected chi connectivity index (χ3v) is 5.46. The van der Waals surface area contributed by atoms with Crippen molar-refractivity contribution in [2.45, 2.75) is 26.7 Å². The van der Waals surface area contributed by atoms with Crippen LogP contribution in [0, 0.1) is 5.92 Å².